The number of ether oxygens (including phenoxy) is 1. The van der Waals surface area contributed by atoms with E-state index in [1.54, 1.807) is 17.4 Å². The molecule has 3 rings (SSSR count). The number of benzene rings is 1. The Morgan fingerprint density at radius 2 is 1.97 bits per heavy atom. The van der Waals surface area contributed by atoms with Crippen LogP contribution in [0.5, 0.6) is 5.75 Å². The second-order valence-electron chi connectivity index (χ2n) is 8.04. The fraction of sp³-hybridized carbons (Fsp3) is 0.360. The molecule has 0 unspecified atom stereocenters. The van der Waals surface area contributed by atoms with Crippen molar-refractivity contribution in [3.05, 3.63) is 72.8 Å². The highest BCUT2D eigenvalue weighted by molar-refractivity contribution is 7.09. The molecule has 0 radical (unpaired) electrons. The number of aromatic nitrogens is 3. The zero-order valence-corrected chi connectivity index (χ0v) is 21.1. The lowest BCUT2D eigenvalue weighted by atomic mass is 10.2. The number of nitrogens with one attached hydrogen (secondary N) is 1. The number of hydrogen-bond acceptors (Lipinski definition) is 7. The van der Waals surface area contributed by atoms with Crippen LogP contribution in [-0.4, -0.2) is 27.0 Å². The highest BCUT2D eigenvalue weighted by atomic mass is 32.1. The Morgan fingerprint density at radius 3 is 2.60 bits per heavy atom. The average molecular weight is 498 g/mol. The third kappa shape index (κ3) is 6.69. The first-order chi connectivity index (χ1) is 16.8. The molecule has 2 heterocycles. The van der Waals surface area contributed by atoms with Gasteiger partial charge in [0, 0.05) is 24.5 Å². The van der Waals surface area contributed by atoms with Gasteiger partial charge in [-0.2, -0.15) is 0 Å². The number of anilines is 2. The molecule has 9 nitrogen and oxygen atoms in total. The molecule has 0 spiro atoms. The zero-order chi connectivity index (χ0) is 25.4. The van der Waals surface area contributed by atoms with Gasteiger partial charge >= 0.3 is 5.69 Å². The van der Waals surface area contributed by atoms with Crippen LogP contribution in [0.3, 0.4) is 0 Å². The van der Waals surface area contributed by atoms with Gasteiger partial charge < -0.3 is 15.4 Å². The molecule has 1 aromatic carbocycles. The molecule has 35 heavy (non-hydrogen) atoms. The van der Waals surface area contributed by atoms with E-state index in [9.17, 15) is 14.4 Å². The number of rotatable bonds is 11. The first-order valence-corrected chi connectivity index (χ1v) is 12.5. The predicted molar refractivity (Wildman–Crippen MR) is 140 cm³/mol. The topological polar surface area (TPSA) is 123 Å². The van der Waals surface area contributed by atoms with Crippen LogP contribution in [0.2, 0.25) is 0 Å². The predicted octanol–water partition coefficient (Wildman–Crippen LogP) is 3.72. The zero-order valence-electron chi connectivity index (χ0n) is 20.2. The number of unbranched alkanes of at least 4 members (excludes halogenated alkanes) is 1. The van der Waals surface area contributed by atoms with Crippen LogP contribution in [0.25, 0.3) is 6.08 Å². The van der Waals surface area contributed by atoms with Gasteiger partial charge in [0.1, 0.15) is 18.2 Å². The molecule has 0 saturated heterocycles. The van der Waals surface area contributed by atoms with Crippen molar-refractivity contribution in [1.29, 1.82) is 0 Å². The number of hydrogen-bond donors (Lipinski definition) is 2. The SMILES string of the molecule is CCCCN(C(=O)/C=C/c1ccc(OCc2csc(C)n2)cc1)c1c(N)n(CCC)c(=O)[nH]c1=O. The largest absolute Gasteiger partial charge is 0.487 e. The van der Waals surface area contributed by atoms with Crippen molar-refractivity contribution in [3.63, 3.8) is 0 Å². The van der Waals surface area contributed by atoms with Crippen LogP contribution in [-0.2, 0) is 17.9 Å². The van der Waals surface area contributed by atoms with E-state index < -0.39 is 17.2 Å². The third-order valence-corrected chi connectivity index (χ3v) is 6.11. The quantitative estimate of drug-likeness (QED) is 0.389. The molecule has 0 aliphatic carbocycles. The fourth-order valence-corrected chi connectivity index (χ4v) is 4.09. The molecule has 1 amide bonds. The molecular formula is C25H31N5O4S. The average Bonchev–Trinajstić information content (AvgIpc) is 3.26. The second-order valence-corrected chi connectivity index (χ2v) is 9.10. The number of carbonyl (C=O) groups is 1. The molecule has 0 atom stereocenters. The first kappa shape index (κ1) is 26.0. The number of nitrogens with zero attached hydrogens (tertiary/aromatic N) is 3. The fourth-order valence-electron chi connectivity index (χ4n) is 3.50. The Morgan fingerprint density at radius 1 is 1.23 bits per heavy atom. The summed E-state index contributed by atoms with van der Waals surface area (Å²) in [5.41, 5.74) is 6.61. The Kier molecular flexibility index (Phi) is 9.02. The summed E-state index contributed by atoms with van der Waals surface area (Å²) in [5.74, 6) is 0.299. The molecule has 3 aromatic rings. The van der Waals surface area contributed by atoms with Gasteiger partial charge in [-0.05, 0) is 43.5 Å². The second kappa shape index (κ2) is 12.2. The van der Waals surface area contributed by atoms with Gasteiger partial charge in [0.15, 0.2) is 5.69 Å². The van der Waals surface area contributed by atoms with Crippen molar-refractivity contribution in [2.75, 3.05) is 17.2 Å². The van der Waals surface area contributed by atoms with E-state index in [0.717, 1.165) is 22.7 Å². The van der Waals surface area contributed by atoms with E-state index in [1.165, 1.54) is 15.5 Å². The summed E-state index contributed by atoms with van der Waals surface area (Å²) in [6, 6.07) is 7.32. The summed E-state index contributed by atoms with van der Waals surface area (Å²) in [7, 11) is 0. The normalized spacial score (nSPS) is 11.2. The van der Waals surface area contributed by atoms with Gasteiger partial charge in [-0.15, -0.1) is 11.3 Å². The molecule has 0 aliphatic heterocycles. The lowest BCUT2D eigenvalue weighted by Gasteiger charge is -2.23. The molecule has 2 aromatic heterocycles. The number of nitrogens with two attached hydrogens (primary N) is 1. The number of carbonyl (C=O) groups excluding carboxylic acids is 1. The maximum absolute atomic E-state index is 13.1. The van der Waals surface area contributed by atoms with Gasteiger partial charge in [-0.25, -0.2) is 9.78 Å². The van der Waals surface area contributed by atoms with Crippen LogP contribution < -0.4 is 26.6 Å². The molecule has 0 aliphatic rings. The van der Waals surface area contributed by atoms with Crippen molar-refractivity contribution < 1.29 is 9.53 Å². The number of aromatic amines is 1. The standard InChI is InChI=1S/C25H31N5O4S/c1-4-6-14-29(22-23(26)30(13-5-2)25(33)28-24(22)32)21(31)12-9-18-7-10-20(11-8-18)34-15-19-16-35-17(3)27-19/h7-12,16H,4-6,13-15,26H2,1-3H3,(H,28,32,33)/b12-9+. The van der Waals surface area contributed by atoms with Gasteiger partial charge in [0.2, 0.25) is 0 Å². The van der Waals surface area contributed by atoms with E-state index in [-0.39, 0.29) is 11.5 Å². The highest BCUT2D eigenvalue weighted by Crippen LogP contribution is 2.20. The number of aryl methyl sites for hydroxylation is 1. The molecule has 0 saturated carbocycles. The summed E-state index contributed by atoms with van der Waals surface area (Å²) < 4.78 is 7.05. The summed E-state index contributed by atoms with van der Waals surface area (Å²) in [5, 5.41) is 2.96. The minimum atomic E-state index is -0.672. The number of amides is 1. The van der Waals surface area contributed by atoms with Crippen LogP contribution in [0.15, 0.2) is 45.3 Å². The van der Waals surface area contributed by atoms with Gasteiger partial charge in [-0.1, -0.05) is 32.4 Å². The maximum atomic E-state index is 13.1. The van der Waals surface area contributed by atoms with Crippen molar-refractivity contribution in [2.45, 2.75) is 53.2 Å². The summed E-state index contributed by atoms with van der Waals surface area (Å²) >= 11 is 1.58. The van der Waals surface area contributed by atoms with Crippen LogP contribution in [0.4, 0.5) is 11.5 Å². The Bertz CT molecular complexity index is 1290. The Balaban J connectivity index is 1.77. The van der Waals surface area contributed by atoms with Gasteiger partial charge in [-0.3, -0.25) is 19.1 Å². The maximum Gasteiger partial charge on any atom is 0.330 e. The van der Waals surface area contributed by atoms with Crippen molar-refractivity contribution in [1.82, 2.24) is 14.5 Å². The van der Waals surface area contributed by atoms with Crippen LogP contribution >= 0.6 is 11.3 Å². The van der Waals surface area contributed by atoms with E-state index in [0.29, 0.717) is 38.3 Å². The number of H-pyrrole nitrogens is 1. The number of nitrogen functional groups attached to an aromatic ring is 1. The lowest BCUT2D eigenvalue weighted by Crippen LogP contribution is -2.41. The Labute approximate surface area is 207 Å². The van der Waals surface area contributed by atoms with Crippen LogP contribution in [0.1, 0.15) is 49.4 Å². The van der Waals surface area contributed by atoms with E-state index in [1.807, 2.05) is 50.4 Å². The van der Waals surface area contributed by atoms with Crippen molar-refractivity contribution in [2.24, 2.45) is 0 Å². The van der Waals surface area contributed by atoms with Gasteiger partial charge in [0.05, 0.1) is 10.7 Å². The molecule has 10 heteroatoms. The van der Waals surface area contributed by atoms with E-state index in [4.69, 9.17) is 10.5 Å². The van der Waals surface area contributed by atoms with Crippen molar-refractivity contribution in [3.8, 4) is 5.75 Å². The molecule has 186 valence electrons. The van der Waals surface area contributed by atoms with E-state index in [2.05, 4.69) is 9.97 Å². The lowest BCUT2D eigenvalue weighted by molar-refractivity contribution is -0.114. The highest BCUT2D eigenvalue weighted by Gasteiger charge is 2.22. The molecular weight excluding hydrogens is 466 g/mol. The minimum absolute atomic E-state index is 0.00201. The minimum Gasteiger partial charge on any atom is -0.487 e. The third-order valence-electron chi connectivity index (χ3n) is 5.28. The number of thiazole rings is 1. The molecule has 3 N–H and O–H groups in total. The van der Waals surface area contributed by atoms with Crippen molar-refractivity contribution >= 4 is 34.8 Å². The first-order valence-electron chi connectivity index (χ1n) is 11.6. The van der Waals surface area contributed by atoms with E-state index >= 15 is 0 Å². The molecule has 0 bridgehead atoms. The summed E-state index contributed by atoms with van der Waals surface area (Å²) in [6.45, 7) is 6.88. The monoisotopic (exact) mass is 497 g/mol. The molecule has 0 fully saturated rings. The summed E-state index contributed by atoms with van der Waals surface area (Å²) in [4.78, 5) is 45.9. The summed E-state index contributed by atoms with van der Waals surface area (Å²) in [6.07, 6.45) is 5.22. The smallest absolute Gasteiger partial charge is 0.330 e. The Hall–Kier alpha value is -3.66. The van der Waals surface area contributed by atoms with Gasteiger partial charge in [0.25, 0.3) is 11.5 Å². The van der Waals surface area contributed by atoms with Crippen LogP contribution in [0, 0.1) is 6.92 Å².